The normalized spacial score (nSPS) is 15.7. The molecule has 0 spiro atoms. The minimum atomic E-state index is -0.431. The lowest BCUT2D eigenvalue weighted by molar-refractivity contribution is 0.0306. The van der Waals surface area contributed by atoms with E-state index in [9.17, 15) is 0 Å². The highest BCUT2D eigenvalue weighted by Crippen LogP contribution is 2.42. The molecule has 0 radical (unpaired) electrons. The fourth-order valence-electron chi connectivity index (χ4n) is 2.81. The predicted molar refractivity (Wildman–Crippen MR) is 75.1 cm³/mol. The molecule has 2 heterocycles. The van der Waals surface area contributed by atoms with E-state index in [1.165, 1.54) is 0 Å². The third kappa shape index (κ3) is 1.35. The van der Waals surface area contributed by atoms with Gasteiger partial charge in [-0.1, -0.05) is 24.3 Å². The lowest BCUT2D eigenvalue weighted by Gasteiger charge is -2.35. The first-order chi connectivity index (χ1) is 9.17. The Balaban J connectivity index is 2.16. The van der Waals surface area contributed by atoms with Gasteiger partial charge in [0, 0.05) is 0 Å². The fourth-order valence-corrected chi connectivity index (χ4v) is 2.81. The predicted octanol–water partition coefficient (Wildman–Crippen LogP) is 3.79. The highest BCUT2D eigenvalue weighted by atomic mass is 16.5. The first-order valence-electron chi connectivity index (χ1n) is 6.43. The molecule has 3 heteroatoms. The Hall–Kier alpha value is -2.29. The second kappa shape index (κ2) is 3.38. The van der Waals surface area contributed by atoms with Gasteiger partial charge in [-0.05, 0) is 38.1 Å². The minimum Gasteiger partial charge on any atom is -0.467 e. The molecule has 0 aliphatic carbocycles. The van der Waals surface area contributed by atoms with E-state index in [1.807, 2.05) is 36.4 Å². The molecule has 2 aromatic carbocycles. The third-order valence-corrected chi connectivity index (χ3v) is 3.59. The van der Waals surface area contributed by atoms with Gasteiger partial charge in [-0.2, -0.15) is 0 Å². The number of para-hydroxylation sites is 3. The lowest BCUT2D eigenvalue weighted by atomic mass is 10.1. The van der Waals surface area contributed by atoms with Gasteiger partial charge in [-0.15, -0.1) is 0 Å². The fraction of sp³-hybridized carbons (Fsp3) is 0.188. The first kappa shape index (κ1) is 10.6. The Labute approximate surface area is 111 Å². The SMILES string of the molecule is CC1(C)Oc2ccccc2-c2nc3ccccc3n21. The van der Waals surface area contributed by atoms with Crippen molar-refractivity contribution in [2.45, 2.75) is 19.6 Å². The lowest BCUT2D eigenvalue weighted by Crippen LogP contribution is -2.36. The summed E-state index contributed by atoms with van der Waals surface area (Å²) in [5.74, 6) is 1.88. The smallest absolute Gasteiger partial charge is 0.182 e. The van der Waals surface area contributed by atoms with Crippen molar-refractivity contribution >= 4 is 11.0 Å². The average molecular weight is 250 g/mol. The molecule has 0 atom stereocenters. The van der Waals surface area contributed by atoms with E-state index < -0.39 is 5.72 Å². The Morgan fingerprint density at radius 3 is 2.63 bits per heavy atom. The van der Waals surface area contributed by atoms with Crippen LogP contribution in [0.5, 0.6) is 5.75 Å². The summed E-state index contributed by atoms with van der Waals surface area (Å²) >= 11 is 0. The minimum absolute atomic E-state index is 0.431. The molecule has 0 bridgehead atoms. The number of aromatic nitrogens is 2. The molecule has 0 N–H and O–H groups in total. The molecule has 0 fully saturated rings. The van der Waals surface area contributed by atoms with Gasteiger partial charge >= 0.3 is 0 Å². The molecule has 19 heavy (non-hydrogen) atoms. The average Bonchev–Trinajstić information content (AvgIpc) is 2.78. The molecule has 1 aromatic heterocycles. The van der Waals surface area contributed by atoms with Gasteiger partial charge in [-0.3, -0.25) is 4.57 Å². The van der Waals surface area contributed by atoms with Gasteiger partial charge in [0.2, 0.25) is 0 Å². The van der Waals surface area contributed by atoms with E-state index in [2.05, 4.69) is 30.5 Å². The van der Waals surface area contributed by atoms with Gasteiger partial charge in [0.15, 0.2) is 5.72 Å². The van der Waals surface area contributed by atoms with Crippen LogP contribution in [0.3, 0.4) is 0 Å². The van der Waals surface area contributed by atoms with E-state index in [0.717, 1.165) is 28.2 Å². The van der Waals surface area contributed by atoms with Crippen molar-refractivity contribution in [1.82, 2.24) is 9.55 Å². The van der Waals surface area contributed by atoms with Gasteiger partial charge in [0.05, 0.1) is 16.6 Å². The summed E-state index contributed by atoms with van der Waals surface area (Å²) in [6.07, 6.45) is 0. The molecule has 1 aliphatic rings. The number of fused-ring (bicyclic) bond motifs is 5. The van der Waals surface area contributed by atoms with Crippen LogP contribution in [0.15, 0.2) is 48.5 Å². The molecule has 3 aromatic rings. The molecular weight excluding hydrogens is 236 g/mol. The van der Waals surface area contributed by atoms with Crippen LogP contribution < -0.4 is 4.74 Å². The van der Waals surface area contributed by atoms with Gasteiger partial charge in [-0.25, -0.2) is 4.98 Å². The van der Waals surface area contributed by atoms with E-state index in [-0.39, 0.29) is 0 Å². The summed E-state index contributed by atoms with van der Waals surface area (Å²) in [5, 5.41) is 0. The van der Waals surface area contributed by atoms with Crippen molar-refractivity contribution in [2.75, 3.05) is 0 Å². The molecule has 94 valence electrons. The second-order valence-electron chi connectivity index (χ2n) is 5.30. The maximum Gasteiger partial charge on any atom is 0.182 e. The first-order valence-corrected chi connectivity index (χ1v) is 6.43. The number of hydrogen-bond donors (Lipinski definition) is 0. The van der Waals surface area contributed by atoms with Crippen molar-refractivity contribution < 1.29 is 4.74 Å². The van der Waals surface area contributed by atoms with Gasteiger partial charge in [0.1, 0.15) is 11.6 Å². The number of ether oxygens (including phenoxy) is 1. The largest absolute Gasteiger partial charge is 0.467 e. The van der Waals surface area contributed by atoms with Crippen LogP contribution in [-0.4, -0.2) is 9.55 Å². The third-order valence-electron chi connectivity index (χ3n) is 3.59. The molecule has 0 saturated heterocycles. The number of nitrogens with zero attached hydrogens (tertiary/aromatic N) is 2. The maximum absolute atomic E-state index is 6.14. The number of imidazole rings is 1. The van der Waals surface area contributed by atoms with Crippen LogP contribution in [0.2, 0.25) is 0 Å². The summed E-state index contributed by atoms with van der Waals surface area (Å²) in [4.78, 5) is 4.77. The zero-order valence-electron chi connectivity index (χ0n) is 10.9. The van der Waals surface area contributed by atoms with Crippen molar-refractivity contribution in [3.05, 3.63) is 48.5 Å². The highest BCUT2D eigenvalue weighted by molar-refractivity contribution is 5.83. The van der Waals surface area contributed by atoms with Crippen LogP contribution in [0, 0.1) is 0 Å². The van der Waals surface area contributed by atoms with Crippen LogP contribution >= 0.6 is 0 Å². The van der Waals surface area contributed by atoms with Crippen molar-refractivity contribution in [3.8, 4) is 17.1 Å². The van der Waals surface area contributed by atoms with Crippen LogP contribution in [0.1, 0.15) is 13.8 Å². The number of rotatable bonds is 0. The molecular formula is C16H14N2O. The van der Waals surface area contributed by atoms with Crippen LogP contribution in [0.4, 0.5) is 0 Å². The zero-order chi connectivity index (χ0) is 13.0. The molecule has 0 saturated carbocycles. The summed E-state index contributed by atoms with van der Waals surface area (Å²) in [6.45, 7) is 4.14. The summed E-state index contributed by atoms with van der Waals surface area (Å²) in [6, 6.07) is 16.2. The zero-order valence-corrected chi connectivity index (χ0v) is 10.9. The Kier molecular flexibility index (Phi) is 1.89. The topological polar surface area (TPSA) is 27.1 Å². The molecule has 3 nitrogen and oxygen atoms in total. The van der Waals surface area contributed by atoms with Crippen molar-refractivity contribution in [2.24, 2.45) is 0 Å². The van der Waals surface area contributed by atoms with E-state index >= 15 is 0 Å². The van der Waals surface area contributed by atoms with Gasteiger partial charge < -0.3 is 4.74 Å². The monoisotopic (exact) mass is 250 g/mol. The molecule has 4 rings (SSSR count). The maximum atomic E-state index is 6.14. The summed E-state index contributed by atoms with van der Waals surface area (Å²) in [7, 11) is 0. The van der Waals surface area contributed by atoms with Crippen LogP contribution in [-0.2, 0) is 5.72 Å². The Morgan fingerprint density at radius 1 is 1.00 bits per heavy atom. The quantitative estimate of drug-likeness (QED) is 0.607. The molecule has 0 amide bonds. The van der Waals surface area contributed by atoms with E-state index in [1.54, 1.807) is 0 Å². The van der Waals surface area contributed by atoms with Crippen molar-refractivity contribution in [1.29, 1.82) is 0 Å². The molecule has 1 aliphatic heterocycles. The second-order valence-corrected chi connectivity index (χ2v) is 5.30. The number of benzene rings is 2. The Morgan fingerprint density at radius 2 is 1.74 bits per heavy atom. The summed E-state index contributed by atoms with van der Waals surface area (Å²) < 4.78 is 8.31. The van der Waals surface area contributed by atoms with Crippen LogP contribution in [0.25, 0.3) is 22.4 Å². The Bertz CT molecular complexity index is 786. The molecule has 0 unspecified atom stereocenters. The van der Waals surface area contributed by atoms with E-state index in [4.69, 9.17) is 9.72 Å². The standard InChI is InChI=1S/C16H14N2O/c1-16(2)18-13-9-5-4-8-12(13)17-15(18)11-7-3-6-10-14(11)19-16/h3-10H,1-2H3. The van der Waals surface area contributed by atoms with E-state index in [0.29, 0.717) is 0 Å². The van der Waals surface area contributed by atoms with Crippen molar-refractivity contribution in [3.63, 3.8) is 0 Å². The summed E-state index contributed by atoms with van der Waals surface area (Å²) in [5.41, 5.74) is 2.74. The van der Waals surface area contributed by atoms with Gasteiger partial charge in [0.25, 0.3) is 0 Å². The number of hydrogen-bond acceptors (Lipinski definition) is 2. The highest BCUT2D eigenvalue weighted by Gasteiger charge is 2.34.